The second-order valence-electron chi connectivity index (χ2n) is 6.29. The van der Waals surface area contributed by atoms with Crippen LogP contribution in [0.25, 0.3) is 0 Å². The van der Waals surface area contributed by atoms with E-state index >= 15 is 0 Å². The minimum absolute atomic E-state index is 0.0281. The summed E-state index contributed by atoms with van der Waals surface area (Å²) in [5, 5.41) is 0. The number of rotatable bonds is 6. The summed E-state index contributed by atoms with van der Waals surface area (Å²) in [6.07, 6.45) is 0.676. The van der Waals surface area contributed by atoms with Crippen molar-refractivity contribution in [2.45, 2.75) is 46.4 Å². The summed E-state index contributed by atoms with van der Waals surface area (Å²) in [5.74, 6) is 0.279. The Labute approximate surface area is 126 Å². The van der Waals surface area contributed by atoms with E-state index in [0.29, 0.717) is 6.42 Å². The molecule has 0 heterocycles. The number of hydrogen-bond acceptors (Lipinski definition) is 2. The minimum atomic E-state index is -1.74. The first-order valence-corrected chi connectivity index (χ1v) is 10.5. The lowest BCUT2D eigenvalue weighted by atomic mass is 9.84. The van der Waals surface area contributed by atoms with E-state index in [1.807, 2.05) is 12.1 Å². The first-order valence-electron chi connectivity index (χ1n) is 6.83. The Morgan fingerprint density at radius 1 is 1.35 bits per heavy atom. The fourth-order valence-corrected chi connectivity index (χ4v) is 3.47. The summed E-state index contributed by atoms with van der Waals surface area (Å²) in [4.78, 5) is 0. The second kappa shape index (κ2) is 7.50. The van der Waals surface area contributed by atoms with Crippen molar-refractivity contribution in [1.82, 2.24) is 0 Å². The maximum Gasteiger partial charge on any atom is 0.205 e. The van der Waals surface area contributed by atoms with Crippen LogP contribution < -0.4 is 0 Å². The van der Waals surface area contributed by atoms with Gasteiger partial charge in [0, 0.05) is 0 Å². The van der Waals surface area contributed by atoms with E-state index in [9.17, 15) is 4.21 Å². The highest BCUT2D eigenvalue weighted by Crippen LogP contribution is 2.36. The molecule has 0 fully saturated rings. The SMILES string of the molecule is C[Si](C)OC(c1cccc(CCS(=O)O)c1)C(C)(C)C. The molecule has 1 rings (SSSR count). The van der Waals surface area contributed by atoms with E-state index in [0.717, 1.165) is 11.1 Å². The molecule has 0 aromatic heterocycles. The standard InChI is InChI=1S/C15H25O3SSi/c1-15(2,3)14(18-20(4)5)13-8-6-7-12(11-13)9-10-19(16)17/h6-8,11,14H,9-10H2,1-5H3,(H,16,17). The number of hydrogen-bond donors (Lipinski definition) is 1. The zero-order valence-electron chi connectivity index (χ0n) is 13.0. The third-order valence-electron chi connectivity index (χ3n) is 2.96. The average Bonchev–Trinajstić information content (AvgIpc) is 2.32. The quantitative estimate of drug-likeness (QED) is 0.642. The lowest BCUT2D eigenvalue weighted by Gasteiger charge is -2.33. The van der Waals surface area contributed by atoms with Gasteiger partial charge in [-0.15, -0.1) is 0 Å². The molecule has 5 heteroatoms. The number of benzene rings is 1. The molecule has 1 N–H and O–H groups in total. The predicted octanol–water partition coefficient (Wildman–Crippen LogP) is 3.81. The zero-order chi connectivity index (χ0) is 15.3. The highest BCUT2D eigenvalue weighted by atomic mass is 32.2. The van der Waals surface area contributed by atoms with Crippen molar-refractivity contribution < 1.29 is 13.2 Å². The van der Waals surface area contributed by atoms with Crippen LogP contribution >= 0.6 is 0 Å². The molecule has 1 radical (unpaired) electrons. The second-order valence-corrected chi connectivity index (χ2v) is 9.40. The number of aryl methyl sites for hydroxylation is 1. The van der Waals surface area contributed by atoms with Crippen LogP contribution in [0.1, 0.15) is 38.0 Å². The Bertz CT molecular complexity index is 455. The Morgan fingerprint density at radius 3 is 2.50 bits per heavy atom. The molecule has 113 valence electrons. The van der Waals surface area contributed by atoms with Crippen molar-refractivity contribution in [3.05, 3.63) is 35.4 Å². The minimum Gasteiger partial charge on any atom is -0.410 e. The lowest BCUT2D eigenvalue weighted by Crippen LogP contribution is -2.26. The van der Waals surface area contributed by atoms with Crippen molar-refractivity contribution >= 4 is 20.1 Å². The molecular weight excluding hydrogens is 288 g/mol. The van der Waals surface area contributed by atoms with Gasteiger partial charge in [0.2, 0.25) is 9.04 Å². The van der Waals surface area contributed by atoms with Crippen LogP contribution in [0.2, 0.25) is 13.1 Å². The topological polar surface area (TPSA) is 46.5 Å². The highest BCUT2D eigenvalue weighted by molar-refractivity contribution is 7.79. The molecule has 2 unspecified atom stereocenters. The highest BCUT2D eigenvalue weighted by Gasteiger charge is 2.28. The van der Waals surface area contributed by atoms with Gasteiger partial charge in [-0.05, 0) is 36.1 Å². The van der Waals surface area contributed by atoms with Crippen LogP contribution in [-0.2, 0) is 21.9 Å². The molecule has 3 nitrogen and oxygen atoms in total. The summed E-state index contributed by atoms with van der Waals surface area (Å²) in [5.41, 5.74) is 2.27. The lowest BCUT2D eigenvalue weighted by molar-refractivity contribution is 0.0865. The normalized spacial score (nSPS) is 15.3. The third-order valence-corrected chi connectivity index (χ3v) is 4.22. The molecule has 0 aliphatic rings. The van der Waals surface area contributed by atoms with Gasteiger partial charge in [-0.1, -0.05) is 45.0 Å². The van der Waals surface area contributed by atoms with E-state index in [2.05, 4.69) is 46.0 Å². The third kappa shape index (κ3) is 5.87. The molecule has 0 saturated heterocycles. The van der Waals surface area contributed by atoms with Gasteiger partial charge in [0.1, 0.15) is 0 Å². The predicted molar refractivity (Wildman–Crippen MR) is 86.5 cm³/mol. The zero-order valence-corrected chi connectivity index (χ0v) is 14.8. The van der Waals surface area contributed by atoms with Gasteiger partial charge < -0.3 is 8.98 Å². The largest absolute Gasteiger partial charge is 0.410 e. The van der Waals surface area contributed by atoms with Crippen molar-refractivity contribution in [2.75, 3.05) is 5.75 Å². The van der Waals surface area contributed by atoms with E-state index in [-0.39, 0.29) is 17.3 Å². The summed E-state index contributed by atoms with van der Waals surface area (Å²) in [6.45, 7) is 10.8. The molecular formula is C15H25O3SSi. The van der Waals surface area contributed by atoms with Crippen molar-refractivity contribution in [3.8, 4) is 0 Å². The van der Waals surface area contributed by atoms with Crippen molar-refractivity contribution in [3.63, 3.8) is 0 Å². The maximum absolute atomic E-state index is 10.8. The Balaban J connectivity index is 2.96. The molecule has 2 atom stereocenters. The van der Waals surface area contributed by atoms with Gasteiger partial charge in [-0.2, -0.15) is 0 Å². The molecule has 0 bridgehead atoms. The molecule has 0 aliphatic carbocycles. The maximum atomic E-state index is 10.8. The van der Waals surface area contributed by atoms with Crippen molar-refractivity contribution in [1.29, 1.82) is 0 Å². The molecule has 20 heavy (non-hydrogen) atoms. The monoisotopic (exact) mass is 313 g/mol. The summed E-state index contributed by atoms with van der Waals surface area (Å²) >= 11 is -1.74. The van der Waals surface area contributed by atoms with E-state index < -0.39 is 20.1 Å². The van der Waals surface area contributed by atoms with Crippen LogP contribution in [0.5, 0.6) is 0 Å². The summed E-state index contributed by atoms with van der Waals surface area (Å²) in [6, 6.07) is 8.19. The van der Waals surface area contributed by atoms with Crippen LogP contribution in [0.15, 0.2) is 24.3 Å². The van der Waals surface area contributed by atoms with Crippen LogP contribution in [0.4, 0.5) is 0 Å². The Hall–Kier alpha value is -0.493. The first-order chi connectivity index (χ1) is 9.20. The van der Waals surface area contributed by atoms with Crippen molar-refractivity contribution in [2.24, 2.45) is 5.41 Å². The van der Waals surface area contributed by atoms with E-state index in [1.165, 1.54) is 0 Å². The molecule has 0 aliphatic heterocycles. The molecule has 1 aromatic carbocycles. The van der Waals surface area contributed by atoms with Crippen LogP contribution in [0.3, 0.4) is 0 Å². The first kappa shape index (κ1) is 17.6. The molecule has 1 aromatic rings. The Kier molecular flexibility index (Phi) is 6.58. The van der Waals surface area contributed by atoms with Gasteiger partial charge in [-0.3, -0.25) is 0 Å². The van der Waals surface area contributed by atoms with Crippen LogP contribution in [-0.4, -0.2) is 23.6 Å². The van der Waals surface area contributed by atoms with Gasteiger partial charge in [0.15, 0.2) is 11.1 Å². The van der Waals surface area contributed by atoms with Crippen LogP contribution in [0, 0.1) is 5.41 Å². The van der Waals surface area contributed by atoms with Gasteiger partial charge in [-0.25, -0.2) is 4.21 Å². The fraction of sp³-hybridized carbons (Fsp3) is 0.600. The van der Waals surface area contributed by atoms with Gasteiger partial charge >= 0.3 is 0 Å². The molecule has 0 saturated carbocycles. The average molecular weight is 314 g/mol. The smallest absolute Gasteiger partial charge is 0.205 e. The van der Waals surface area contributed by atoms with E-state index in [4.69, 9.17) is 8.98 Å². The molecule has 0 amide bonds. The summed E-state index contributed by atoms with van der Waals surface area (Å²) < 4.78 is 25.9. The fourth-order valence-electron chi connectivity index (χ4n) is 2.10. The van der Waals surface area contributed by atoms with Gasteiger partial charge in [0.05, 0.1) is 11.9 Å². The summed E-state index contributed by atoms with van der Waals surface area (Å²) in [7, 11) is -0.789. The van der Waals surface area contributed by atoms with E-state index in [1.54, 1.807) is 0 Å². The van der Waals surface area contributed by atoms with Gasteiger partial charge in [0.25, 0.3) is 0 Å². The molecule has 0 spiro atoms. The Morgan fingerprint density at radius 2 is 2.00 bits per heavy atom.